The van der Waals surface area contributed by atoms with Crippen molar-refractivity contribution in [2.75, 3.05) is 13.1 Å². The number of quaternary nitrogens is 1. The predicted molar refractivity (Wildman–Crippen MR) is 112 cm³/mol. The lowest BCUT2D eigenvalue weighted by Crippen LogP contribution is -3.13. The zero-order valence-electron chi connectivity index (χ0n) is 17.2. The first-order chi connectivity index (χ1) is 14.5. The van der Waals surface area contributed by atoms with Crippen LogP contribution in [-0.4, -0.2) is 18.9 Å². The smallest absolute Gasteiger partial charge is 0.232 e. The first-order valence-corrected chi connectivity index (χ1v) is 10.6. The number of fused-ring (bicyclic) bond motifs is 2. The van der Waals surface area contributed by atoms with Gasteiger partial charge >= 0.3 is 0 Å². The second-order valence-electron chi connectivity index (χ2n) is 8.83. The molecule has 0 spiro atoms. The Kier molecular flexibility index (Phi) is 4.63. The molecular weight excluding hydrogens is 378 g/mol. The van der Waals surface area contributed by atoms with E-state index in [4.69, 9.17) is 9.15 Å². The molecule has 0 amide bonds. The largest absolute Gasteiger partial charge is 0.872 e. The maximum Gasteiger partial charge on any atom is 0.232 e. The minimum Gasteiger partial charge on any atom is -0.872 e. The third-order valence-electron chi connectivity index (χ3n) is 6.12. The van der Waals surface area contributed by atoms with Crippen LogP contribution in [0.4, 0.5) is 0 Å². The molecule has 2 unspecified atom stereocenters. The van der Waals surface area contributed by atoms with Crippen molar-refractivity contribution < 1.29 is 24.0 Å². The summed E-state index contributed by atoms with van der Waals surface area (Å²) in [4.78, 5) is 14.3. The quantitative estimate of drug-likeness (QED) is 0.682. The van der Waals surface area contributed by atoms with E-state index in [1.165, 1.54) is 17.4 Å². The Morgan fingerprint density at radius 1 is 1.13 bits per heavy atom. The second kappa shape index (κ2) is 7.33. The summed E-state index contributed by atoms with van der Waals surface area (Å²) in [6.45, 7) is 7.17. The van der Waals surface area contributed by atoms with Crippen LogP contribution in [0.25, 0.3) is 17.0 Å². The van der Waals surface area contributed by atoms with E-state index in [1.54, 1.807) is 12.1 Å². The fraction of sp³-hybridized carbons (Fsp3) is 0.320. The summed E-state index contributed by atoms with van der Waals surface area (Å²) in [7, 11) is 0. The third-order valence-corrected chi connectivity index (χ3v) is 6.12. The Morgan fingerprint density at radius 2 is 1.90 bits per heavy atom. The molecule has 2 aliphatic rings. The summed E-state index contributed by atoms with van der Waals surface area (Å²) in [6.07, 6.45) is 2.84. The maximum atomic E-state index is 12.9. The average molecular weight is 403 g/mol. The molecule has 1 N–H and O–H groups in total. The number of piperidine rings is 1. The zero-order chi connectivity index (χ0) is 20.8. The van der Waals surface area contributed by atoms with Gasteiger partial charge in [-0.05, 0) is 24.6 Å². The lowest BCUT2D eigenvalue weighted by atomic mass is 9.91. The van der Waals surface area contributed by atoms with Crippen LogP contribution in [0.5, 0.6) is 11.5 Å². The Bertz CT molecular complexity index is 1120. The normalized spacial score (nSPS) is 24.9. The third kappa shape index (κ3) is 3.39. The van der Waals surface area contributed by atoms with Gasteiger partial charge in [-0.2, -0.15) is 0 Å². The molecule has 2 aliphatic heterocycles. The van der Waals surface area contributed by atoms with Crippen molar-refractivity contribution in [3.05, 3.63) is 65.1 Å². The van der Waals surface area contributed by atoms with Crippen LogP contribution in [0.3, 0.4) is 0 Å². The van der Waals surface area contributed by atoms with Crippen LogP contribution in [0.15, 0.2) is 52.6 Å². The predicted octanol–water partition coefficient (Wildman–Crippen LogP) is 3.18. The number of ketones is 1. The molecule has 154 valence electrons. The van der Waals surface area contributed by atoms with Crippen LogP contribution in [0.2, 0.25) is 0 Å². The van der Waals surface area contributed by atoms with Gasteiger partial charge in [-0.15, -0.1) is 0 Å². The summed E-state index contributed by atoms with van der Waals surface area (Å²) in [5.41, 5.74) is 1.82. The lowest BCUT2D eigenvalue weighted by Gasteiger charge is -2.33. The molecule has 2 atom stereocenters. The number of benzene rings is 2. The van der Waals surface area contributed by atoms with Gasteiger partial charge in [0.25, 0.3) is 0 Å². The number of allylic oxidation sites excluding steroid dienone is 1. The molecule has 3 heterocycles. The van der Waals surface area contributed by atoms with Crippen molar-refractivity contribution in [2.24, 2.45) is 11.8 Å². The monoisotopic (exact) mass is 403 g/mol. The highest BCUT2D eigenvalue weighted by molar-refractivity contribution is 6.14. The van der Waals surface area contributed by atoms with E-state index >= 15 is 0 Å². The van der Waals surface area contributed by atoms with E-state index in [2.05, 4.69) is 13.8 Å². The number of Topliss-reactive ketones (excluding diaryl/α,β-unsaturated/α-hetero) is 1. The van der Waals surface area contributed by atoms with Crippen molar-refractivity contribution in [1.82, 2.24) is 0 Å². The molecule has 0 saturated carbocycles. The van der Waals surface area contributed by atoms with Gasteiger partial charge in [-0.3, -0.25) is 4.79 Å². The summed E-state index contributed by atoms with van der Waals surface area (Å²) in [6, 6.07) is 12.6. The Balaban J connectivity index is 1.46. The highest BCUT2D eigenvalue weighted by Crippen LogP contribution is 2.38. The van der Waals surface area contributed by atoms with Gasteiger partial charge in [0.2, 0.25) is 5.78 Å². The number of nitrogens with one attached hydrogen (secondary N) is 1. The number of ether oxygens (including phenoxy) is 1. The molecule has 0 aliphatic carbocycles. The molecule has 5 nitrogen and oxygen atoms in total. The number of furan rings is 1. The molecule has 2 aromatic carbocycles. The van der Waals surface area contributed by atoms with Gasteiger partial charge < -0.3 is 19.2 Å². The number of carbonyl (C=O) groups is 1. The molecular formula is C25H25NO4. The van der Waals surface area contributed by atoms with Crippen LogP contribution in [0.1, 0.15) is 41.9 Å². The highest BCUT2D eigenvalue weighted by atomic mass is 16.5. The van der Waals surface area contributed by atoms with Crippen LogP contribution < -0.4 is 14.7 Å². The number of carbonyl (C=O) groups excluding carboxylic acids is 1. The standard InChI is InChI=1S/C25H25NO4/c1-15-9-16(2)13-26(12-15)14-20-21(27)8-7-19-24(28)23(30-25(19)20)11-18-10-17-5-3-4-6-22(17)29-18/h3-8,10-11,15-16,27H,9,12-14H2,1-2H3. The van der Waals surface area contributed by atoms with Gasteiger partial charge in [0.1, 0.15) is 23.6 Å². The van der Waals surface area contributed by atoms with Gasteiger partial charge in [-0.25, -0.2) is 0 Å². The van der Waals surface area contributed by atoms with E-state index in [-0.39, 0.29) is 17.3 Å². The van der Waals surface area contributed by atoms with Crippen LogP contribution in [-0.2, 0) is 6.54 Å². The maximum absolute atomic E-state index is 12.9. The number of rotatable bonds is 3. The molecule has 30 heavy (non-hydrogen) atoms. The number of para-hydroxylation sites is 1. The van der Waals surface area contributed by atoms with Crippen molar-refractivity contribution in [1.29, 1.82) is 0 Å². The zero-order valence-corrected chi connectivity index (χ0v) is 17.2. The molecule has 1 fully saturated rings. The van der Waals surface area contributed by atoms with Gasteiger partial charge in [0.05, 0.1) is 18.7 Å². The first kappa shape index (κ1) is 18.9. The molecule has 0 bridgehead atoms. The summed E-state index contributed by atoms with van der Waals surface area (Å²) in [5, 5.41) is 13.6. The summed E-state index contributed by atoms with van der Waals surface area (Å²) >= 11 is 0. The van der Waals surface area contributed by atoms with Crippen LogP contribution >= 0.6 is 0 Å². The highest BCUT2D eigenvalue weighted by Gasteiger charge is 2.33. The van der Waals surface area contributed by atoms with Crippen LogP contribution in [0, 0.1) is 11.8 Å². The van der Waals surface area contributed by atoms with E-state index in [1.807, 2.05) is 30.3 Å². The van der Waals surface area contributed by atoms with Gasteiger partial charge in [0.15, 0.2) is 5.76 Å². The van der Waals surface area contributed by atoms with Crippen molar-refractivity contribution in [2.45, 2.75) is 26.8 Å². The molecule has 1 saturated heterocycles. The SMILES string of the molecule is CC1CC(C)C[NH+](Cc2c([O-])ccc3c2OC(=Cc2cc4ccccc4o2)C3=O)C1. The second-order valence-corrected chi connectivity index (χ2v) is 8.83. The van der Waals surface area contributed by atoms with Crippen molar-refractivity contribution in [3.63, 3.8) is 0 Å². The summed E-state index contributed by atoms with van der Waals surface area (Å²) in [5.74, 6) is 2.16. The van der Waals surface area contributed by atoms with E-state index in [0.717, 1.165) is 24.1 Å². The minimum atomic E-state index is -0.206. The summed E-state index contributed by atoms with van der Waals surface area (Å²) < 4.78 is 11.8. The van der Waals surface area contributed by atoms with E-state index < -0.39 is 0 Å². The topological polar surface area (TPSA) is 66.9 Å². The van der Waals surface area contributed by atoms with Gasteiger partial charge in [0, 0.05) is 28.9 Å². The first-order valence-electron chi connectivity index (χ1n) is 10.6. The molecule has 1 aromatic heterocycles. The van der Waals surface area contributed by atoms with E-state index in [9.17, 15) is 9.90 Å². The Morgan fingerprint density at radius 3 is 2.67 bits per heavy atom. The average Bonchev–Trinajstić information content (AvgIpc) is 3.24. The number of likely N-dealkylation sites (tertiary alicyclic amines) is 1. The molecule has 5 heteroatoms. The Hall–Kier alpha value is -3.05. The molecule has 5 rings (SSSR count). The number of hydrogen-bond acceptors (Lipinski definition) is 4. The van der Waals surface area contributed by atoms with Crippen molar-refractivity contribution in [3.8, 4) is 11.5 Å². The molecule has 0 radical (unpaired) electrons. The van der Waals surface area contributed by atoms with Crippen molar-refractivity contribution >= 4 is 22.8 Å². The molecule has 3 aromatic rings. The number of hydrogen-bond donors (Lipinski definition) is 1. The fourth-order valence-electron chi connectivity index (χ4n) is 4.98. The Labute approximate surface area is 175 Å². The lowest BCUT2D eigenvalue weighted by molar-refractivity contribution is -0.925. The van der Waals surface area contributed by atoms with Gasteiger partial charge in [-0.1, -0.05) is 43.9 Å². The fourth-order valence-corrected chi connectivity index (χ4v) is 4.98. The van der Waals surface area contributed by atoms with E-state index in [0.29, 0.717) is 41.0 Å². The minimum absolute atomic E-state index is 0.0649.